The molecular weight excluding hydrogens is 1640 g/mol. The van der Waals surface area contributed by atoms with E-state index in [0.717, 1.165) is 163 Å². The third-order valence-corrected chi connectivity index (χ3v) is 23.4. The Balaban J connectivity index is 0.000000188. The molecule has 10 aromatic heterocycles. The first-order valence-corrected chi connectivity index (χ1v) is 48.6. The summed E-state index contributed by atoms with van der Waals surface area (Å²) in [6.45, 7) is 41.2. The zero-order valence-corrected chi connectivity index (χ0v) is 82.8. The number of fused-ring (bicyclic) bond motifs is 11. The molecule has 0 radical (unpaired) electrons. The molecule has 0 saturated heterocycles. The first-order chi connectivity index (χ1) is 65.3. The molecule has 4 unspecified atom stereocenters. The van der Waals surface area contributed by atoms with E-state index in [9.17, 15) is 0 Å². The van der Waals surface area contributed by atoms with Crippen LogP contribution < -0.4 is 22.9 Å². The van der Waals surface area contributed by atoms with Gasteiger partial charge in [-0.1, -0.05) is 287 Å². The number of benzene rings is 6. The molecule has 16 aromatic rings. The zero-order valence-electron chi connectivity index (χ0n) is 82.8. The molecule has 0 saturated carbocycles. The van der Waals surface area contributed by atoms with Gasteiger partial charge in [0, 0.05) is 80.2 Å². The molecule has 0 spiro atoms. The van der Waals surface area contributed by atoms with E-state index >= 15 is 0 Å². The maximum Gasteiger partial charge on any atom is 0.146 e. The van der Waals surface area contributed by atoms with Gasteiger partial charge in [-0.25, -0.2) is 49.8 Å². The highest BCUT2D eigenvalue weighted by atomic mass is 15.1. The Hall–Kier alpha value is -13.6. The van der Waals surface area contributed by atoms with E-state index in [1.807, 2.05) is 141 Å². The van der Waals surface area contributed by atoms with Crippen LogP contribution >= 0.6 is 0 Å². The molecule has 698 valence electrons. The summed E-state index contributed by atoms with van der Waals surface area (Å²) in [5, 5.41) is 3.99. The van der Waals surface area contributed by atoms with Crippen LogP contribution in [-0.2, 0) is 70.8 Å². The van der Waals surface area contributed by atoms with Crippen LogP contribution in [0.5, 0.6) is 0 Å². The van der Waals surface area contributed by atoms with Crippen molar-refractivity contribution in [3.05, 3.63) is 351 Å². The van der Waals surface area contributed by atoms with Crippen LogP contribution in [0, 0.1) is 27.7 Å². The fourth-order valence-corrected chi connectivity index (χ4v) is 17.5. The first kappa shape index (κ1) is 105. The lowest BCUT2D eigenvalue weighted by Crippen LogP contribution is -2.18. The third-order valence-electron chi connectivity index (χ3n) is 23.4. The van der Waals surface area contributed by atoms with Gasteiger partial charge in [0.1, 0.15) is 77.5 Å². The molecule has 6 aromatic carbocycles. The average Bonchev–Trinajstić information content (AvgIpc) is 1.64. The predicted octanol–water partition coefficient (Wildman–Crippen LogP) is 26.4. The first-order valence-electron chi connectivity index (χ1n) is 48.6. The molecular formula is C113H146N20. The zero-order chi connectivity index (χ0) is 96.1. The van der Waals surface area contributed by atoms with Gasteiger partial charge in [0.25, 0.3) is 0 Å². The Bertz CT molecular complexity index is 5550. The van der Waals surface area contributed by atoms with Crippen LogP contribution in [0.15, 0.2) is 256 Å². The van der Waals surface area contributed by atoms with E-state index in [1.165, 1.54) is 84.3 Å². The molecule has 133 heavy (non-hydrogen) atoms. The highest BCUT2D eigenvalue weighted by Crippen LogP contribution is 2.39. The largest absolute Gasteiger partial charge is 0.383 e. The molecule has 0 bridgehead atoms. The van der Waals surface area contributed by atoms with Gasteiger partial charge >= 0.3 is 0 Å². The molecule has 20 nitrogen and oxygen atoms in total. The molecule has 23 rings (SSSR count). The van der Waals surface area contributed by atoms with Crippen molar-refractivity contribution in [1.82, 2.24) is 73.1 Å². The normalized spacial score (nSPS) is 14.8. The van der Waals surface area contributed by atoms with Crippen LogP contribution in [-0.4, -0.2) is 79.3 Å². The van der Waals surface area contributed by atoms with Crippen molar-refractivity contribution in [3.8, 4) is 0 Å². The molecule has 11 heterocycles. The number of nitrogens with two attached hydrogens (primary N) is 4. The number of aliphatic imine (C=N–C) groups is 1. The average molecular weight is 1780 g/mol. The van der Waals surface area contributed by atoms with E-state index < -0.39 is 0 Å². The quantitative estimate of drug-likeness (QED) is 0.127. The molecule has 4 atom stereocenters. The number of hydrogen-bond donors (Lipinski definition) is 4. The van der Waals surface area contributed by atoms with Crippen molar-refractivity contribution in [2.45, 2.75) is 259 Å². The van der Waals surface area contributed by atoms with Crippen molar-refractivity contribution in [2.24, 2.45) is 4.99 Å². The van der Waals surface area contributed by atoms with Gasteiger partial charge in [0.05, 0.1) is 33.8 Å². The summed E-state index contributed by atoms with van der Waals surface area (Å²) >= 11 is 0. The van der Waals surface area contributed by atoms with Gasteiger partial charge in [-0.2, -0.15) is 0 Å². The number of nitrogens with zero attached hydrogens (tertiary/aromatic N) is 16. The number of rotatable bonds is 4. The summed E-state index contributed by atoms with van der Waals surface area (Å²) in [6.07, 6.45) is 47.6. The van der Waals surface area contributed by atoms with Crippen LogP contribution in [0.1, 0.15) is 261 Å². The van der Waals surface area contributed by atoms with Crippen LogP contribution in [0.2, 0.25) is 0 Å². The molecule has 1 aliphatic heterocycles. The van der Waals surface area contributed by atoms with Gasteiger partial charge in [-0.05, 0) is 218 Å². The van der Waals surface area contributed by atoms with Crippen molar-refractivity contribution in [3.63, 3.8) is 0 Å². The second-order valence-electron chi connectivity index (χ2n) is 30.9. The van der Waals surface area contributed by atoms with Gasteiger partial charge in [-0.15, -0.1) is 0 Å². The number of nitrogen functional groups attached to an aromatic ring is 4. The Morgan fingerprint density at radius 3 is 0.857 bits per heavy atom. The standard InChI is InChI=1S/4C17H18N4.C9H8.2C8H7N.C4H4N2.8C2H6/c4*1-11-9-21(17-15(11)16(18)19-10-20-17)14-7-6-12-4-2-3-5-13(12)8-14;1-2-5-9-7-3-6-8(9)4-1;1-3-7-4-2-6-9-8(7)5-1;1-2-4-8-6-9-5-7(8)3-1;1-2-5-4-6-3-1;8*1-2/h4*2-5,9-10,14H,6-8H2,1H3,(H2,18,19,20);1-6H,7H2;1-4,6H,5H2;1-5H,6H2;1-4H;8*1-2H3. The summed E-state index contributed by atoms with van der Waals surface area (Å²) in [4.78, 5) is 50.0. The lowest BCUT2D eigenvalue weighted by atomic mass is 9.88. The minimum atomic E-state index is 0.449. The van der Waals surface area contributed by atoms with Crippen LogP contribution in [0.4, 0.5) is 23.3 Å². The van der Waals surface area contributed by atoms with Crippen LogP contribution in [0.3, 0.4) is 0 Å². The van der Waals surface area contributed by atoms with Gasteiger partial charge in [-0.3, -0.25) is 9.98 Å². The van der Waals surface area contributed by atoms with E-state index in [4.69, 9.17) is 22.9 Å². The Morgan fingerprint density at radius 2 is 0.556 bits per heavy atom. The Morgan fingerprint density at radius 1 is 0.271 bits per heavy atom. The summed E-state index contributed by atoms with van der Waals surface area (Å²) in [6, 6.07) is 59.3. The van der Waals surface area contributed by atoms with Crippen LogP contribution in [0.25, 0.3) is 56.3 Å². The number of allylic oxidation sites excluding steroid dienone is 2. The summed E-state index contributed by atoms with van der Waals surface area (Å²) in [5.41, 5.74) is 52.2. The fraction of sp³-hybridized carbons (Fsp3) is 0.345. The van der Waals surface area contributed by atoms with E-state index in [0.29, 0.717) is 47.4 Å². The van der Waals surface area contributed by atoms with Crippen molar-refractivity contribution in [2.75, 3.05) is 22.9 Å². The van der Waals surface area contributed by atoms with Gasteiger partial charge < -0.3 is 41.2 Å². The van der Waals surface area contributed by atoms with Crippen molar-refractivity contribution >= 4 is 85.8 Å². The number of anilines is 4. The monoisotopic (exact) mass is 1780 g/mol. The topological polar surface area (TPSA) is 278 Å². The highest BCUT2D eigenvalue weighted by Gasteiger charge is 2.28. The number of pyridine rings is 1. The second-order valence-corrected chi connectivity index (χ2v) is 30.9. The van der Waals surface area contributed by atoms with E-state index in [2.05, 4.69) is 294 Å². The van der Waals surface area contributed by atoms with Gasteiger partial charge in [0.15, 0.2) is 0 Å². The Labute approximate surface area is 792 Å². The molecule has 0 fully saturated rings. The summed E-state index contributed by atoms with van der Waals surface area (Å²) in [5.74, 6) is 2.31. The predicted molar refractivity (Wildman–Crippen MR) is 563 cm³/mol. The number of hydrogen-bond acceptors (Lipinski definition) is 16. The lowest BCUT2D eigenvalue weighted by Gasteiger charge is -2.26. The minimum absolute atomic E-state index is 0.449. The third kappa shape index (κ3) is 27.1. The van der Waals surface area contributed by atoms with Crippen molar-refractivity contribution in [1.29, 1.82) is 0 Å². The smallest absolute Gasteiger partial charge is 0.146 e. The fourth-order valence-electron chi connectivity index (χ4n) is 17.5. The maximum atomic E-state index is 6.01. The molecule has 0 amide bonds. The van der Waals surface area contributed by atoms with Crippen molar-refractivity contribution < 1.29 is 0 Å². The number of aromatic nitrogens is 15. The second kappa shape index (κ2) is 55.5. The minimum Gasteiger partial charge on any atom is -0.383 e. The summed E-state index contributed by atoms with van der Waals surface area (Å²) < 4.78 is 9.16. The maximum absolute atomic E-state index is 6.01. The molecule has 7 aliphatic rings. The SMILES string of the molecule is C1=Cc2ccccc2C1.C1=Cc2cccnc2C1.C1=NCc2ccccc21.CC.CC.CC.CC.CC.CC.CC.CC.Cc1cn(C2CCc3ccccc3C2)c2ncnc(N)c12.Cc1cn(C2CCc3ccccc3C2)c2ncnc(N)c12.Cc1cn(C2CCc3ccccc3C2)c2ncnc(N)c12.Cc1cn(C2CCc3ccccc3C2)c2ncnc(N)c12.c1cncnc1. The highest BCUT2D eigenvalue weighted by molar-refractivity contribution is 5.92. The lowest BCUT2D eigenvalue weighted by molar-refractivity contribution is 0.452. The van der Waals surface area contributed by atoms with E-state index in [1.54, 1.807) is 43.8 Å². The molecule has 6 aliphatic carbocycles. The number of aryl methyl sites for hydroxylation is 8. The molecule has 20 heteroatoms. The summed E-state index contributed by atoms with van der Waals surface area (Å²) in [7, 11) is 0. The van der Waals surface area contributed by atoms with Gasteiger partial charge in [0.2, 0.25) is 0 Å². The Kier molecular flexibility index (Phi) is 43.7. The van der Waals surface area contributed by atoms with E-state index in [-0.39, 0.29) is 0 Å². The molecule has 8 N–H and O–H groups in total.